The molecule has 0 spiro atoms. The van der Waals surface area contributed by atoms with Crippen molar-refractivity contribution in [3.8, 4) is 0 Å². The first-order valence-electron chi connectivity index (χ1n) is 4.54. The number of Topliss-reactive ketones (excluding diaryl/α,β-unsaturated/α-hetero) is 1. The van der Waals surface area contributed by atoms with E-state index in [-0.39, 0.29) is 11.3 Å². The number of benzene rings is 1. The van der Waals surface area contributed by atoms with Crippen LogP contribution in [0.5, 0.6) is 0 Å². The van der Waals surface area contributed by atoms with Gasteiger partial charge in [0.25, 0.3) is 0 Å². The fourth-order valence-electron chi connectivity index (χ4n) is 1.14. The van der Waals surface area contributed by atoms with Crippen molar-refractivity contribution >= 4 is 28.9 Å². The van der Waals surface area contributed by atoms with Gasteiger partial charge in [-0.05, 0) is 18.2 Å². The van der Waals surface area contributed by atoms with E-state index in [9.17, 15) is 13.6 Å². The molecule has 0 N–H and O–H groups in total. The molecule has 0 aliphatic heterocycles. The minimum Gasteiger partial charge on any atom is -0.293 e. The summed E-state index contributed by atoms with van der Waals surface area (Å²) in [6.45, 7) is 0. The number of rotatable bonds is 4. The smallest absolute Gasteiger partial charge is 0.176 e. The summed E-state index contributed by atoms with van der Waals surface area (Å²) in [6, 6.07) is 2.82. The summed E-state index contributed by atoms with van der Waals surface area (Å²) in [4.78, 5) is 11.6. The normalized spacial score (nSPS) is 10.5. The highest BCUT2D eigenvalue weighted by Crippen LogP contribution is 2.21. The van der Waals surface area contributed by atoms with Crippen LogP contribution in [0.3, 0.4) is 0 Å². The van der Waals surface area contributed by atoms with Crippen molar-refractivity contribution in [2.24, 2.45) is 0 Å². The Balaban J connectivity index is 2.07. The fraction of sp³-hybridized carbons (Fsp3) is 0.100. The van der Waals surface area contributed by atoms with Crippen LogP contribution in [0.25, 0.3) is 0 Å². The number of hydrogen-bond acceptors (Lipinski definition) is 5. The van der Waals surface area contributed by atoms with Crippen LogP contribution < -0.4 is 0 Å². The van der Waals surface area contributed by atoms with Gasteiger partial charge in [-0.1, -0.05) is 23.1 Å². The summed E-state index contributed by atoms with van der Waals surface area (Å²) in [5.74, 6) is -1.80. The largest absolute Gasteiger partial charge is 0.293 e. The molecule has 17 heavy (non-hydrogen) atoms. The van der Waals surface area contributed by atoms with E-state index >= 15 is 0 Å². The van der Waals surface area contributed by atoms with Crippen molar-refractivity contribution in [2.45, 2.75) is 4.34 Å². The van der Waals surface area contributed by atoms with E-state index in [1.807, 2.05) is 0 Å². The van der Waals surface area contributed by atoms with Crippen LogP contribution in [0.15, 0.2) is 28.0 Å². The second-order valence-corrected chi connectivity index (χ2v) is 5.10. The second kappa shape index (κ2) is 5.33. The first-order valence-corrected chi connectivity index (χ1v) is 6.40. The SMILES string of the molecule is O=C(CSc1nncs1)c1cc(F)ccc1F. The number of hydrogen-bond donors (Lipinski definition) is 0. The lowest BCUT2D eigenvalue weighted by atomic mass is 10.1. The van der Waals surface area contributed by atoms with Crippen LogP contribution in [-0.4, -0.2) is 21.7 Å². The Hall–Kier alpha value is -1.34. The summed E-state index contributed by atoms with van der Waals surface area (Å²) in [5.41, 5.74) is 1.30. The van der Waals surface area contributed by atoms with Crippen molar-refractivity contribution in [1.82, 2.24) is 10.2 Å². The molecule has 1 heterocycles. The van der Waals surface area contributed by atoms with Gasteiger partial charge in [0.1, 0.15) is 17.1 Å². The molecule has 0 amide bonds. The predicted molar refractivity (Wildman–Crippen MR) is 61.3 cm³/mol. The van der Waals surface area contributed by atoms with Crippen LogP contribution >= 0.6 is 23.1 Å². The molecule has 0 bridgehead atoms. The van der Waals surface area contributed by atoms with Gasteiger partial charge in [0.2, 0.25) is 0 Å². The molecule has 3 nitrogen and oxygen atoms in total. The highest BCUT2D eigenvalue weighted by Gasteiger charge is 2.13. The van der Waals surface area contributed by atoms with Crippen molar-refractivity contribution in [2.75, 3.05) is 5.75 Å². The average Bonchev–Trinajstić information content (AvgIpc) is 2.82. The summed E-state index contributed by atoms with van der Waals surface area (Å²) in [7, 11) is 0. The summed E-state index contributed by atoms with van der Waals surface area (Å²) < 4.78 is 26.8. The van der Waals surface area contributed by atoms with E-state index in [2.05, 4.69) is 10.2 Å². The van der Waals surface area contributed by atoms with Gasteiger partial charge in [0.05, 0.1) is 11.3 Å². The van der Waals surface area contributed by atoms with Gasteiger partial charge < -0.3 is 0 Å². The molecule has 0 radical (unpaired) electrons. The quantitative estimate of drug-likeness (QED) is 0.634. The molecular formula is C10H6F2N2OS2. The van der Waals surface area contributed by atoms with Crippen LogP contribution in [0.1, 0.15) is 10.4 Å². The Morgan fingerprint density at radius 1 is 1.41 bits per heavy atom. The van der Waals surface area contributed by atoms with Crippen LogP contribution in [0.4, 0.5) is 8.78 Å². The average molecular weight is 272 g/mol. The van der Waals surface area contributed by atoms with Crippen LogP contribution in [0.2, 0.25) is 0 Å². The molecule has 2 rings (SSSR count). The maximum atomic E-state index is 13.3. The molecule has 1 aromatic carbocycles. The third-order valence-electron chi connectivity index (χ3n) is 1.90. The van der Waals surface area contributed by atoms with Gasteiger partial charge in [0.15, 0.2) is 10.1 Å². The second-order valence-electron chi connectivity index (χ2n) is 3.04. The molecule has 0 saturated carbocycles. The Morgan fingerprint density at radius 2 is 2.24 bits per heavy atom. The number of carbonyl (C=O) groups is 1. The van der Waals surface area contributed by atoms with Gasteiger partial charge in [0, 0.05) is 0 Å². The standard InChI is InChI=1S/C10H6F2N2OS2/c11-6-1-2-8(12)7(3-6)9(15)4-16-10-14-13-5-17-10/h1-3,5H,4H2. The van der Waals surface area contributed by atoms with E-state index in [1.54, 1.807) is 0 Å². The molecule has 0 aliphatic rings. The molecule has 1 aromatic heterocycles. The van der Waals surface area contributed by atoms with Crippen LogP contribution in [0, 0.1) is 11.6 Å². The monoisotopic (exact) mass is 272 g/mol. The maximum Gasteiger partial charge on any atom is 0.176 e. The third-order valence-corrected chi connectivity index (χ3v) is 3.76. The lowest BCUT2D eigenvalue weighted by molar-refractivity contribution is 0.101. The van der Waals surface area contributed by atoms with E-state index in [0.717, 1.165) is 30.0 Å². The molecule has 0 aliphatic carbocycles. The lowest BCUT2D eigenvalue weighted by Crippen LogP contribution is -2.05. The van der Waals surface area contributed by atoms with E-state index < -0.39 is 17.4 Å². The molecule has 0 saturated heterocycles. The number of carbonyl (C=O) groups excluding carboxylic acids is 1. The summed E-state index contributed by atoms with van der Waals surface area (Å²) >= 11 is 2.44. The summed E-state index contributed by atoms with van der Waals surface area (Å²) in [6.07, 6.45) is 0. The third kappa shape index (κ3) is 3.07. The fourth-order valence-corrected chi connectivity index (χ4v) is 2.51. The minimum atomic E-state index is -0.714. The first-order chi connectivity index (χ1) is 8.16. The van der Waals surface area contributed by atoms with Crippen molar-refractivity contribution < 1.29 is 13.6 Å². The number of nitrogens with zero attached hydrogens (tertiary/aromatic N) is 2. The number of ketones is 1. The number of halogens is 2. The van der Waals surface area contributed by atoms with E-state index in [4.69, 9.17) is 0 Å². The number of aromatic nitrogens is 2. The van der Waals surface area contributed by atoms with Gasteiger partial charge >= 0.3 is 0 Å². The van der Waals surface area contributed by atoms with Crippen molar-refractivity contribution in [3.05, 3.63) is 40.9 Å². The Kier molecular flexibility index (Phi) is 3.80. The molecule has 2 aromatic rings. The maximum absolute atomic E-state index is 13.3. The zero-order chi connectivity index (χ0) is 12.3. The van der Waals surface area contributed by atoms with Gasteiger partial charge in [-0.3, -0.25) is 4.79 Å². The summed E-state index contributed by atoms with van der Waals surface area (Å²) in [5, 5.41) is 7.34. The van der Waals surface area contributed by atoms with Crippen molar-refractivity contribution in [3.63, 3.8) is 0 Å². The lowest BCUT2D eigenvalue weighted by Gasteiger charge is -2.01. The Bertz CT molecular complexity index is 531. The Labute approximate surface area is 104 Å². The predicted octanol–water partition coefficient (Wildman–Crippen LogP) is 2.79. The van der Waals surface area contributed by atoms with Crippen molar-refractivity contribution in [1.29, 1.82) is 0 Å². The van der Waals surface area contributed by atoms with E-state index in [1.165, 1.54) is 16.8 Å². The van der Waals surface area contributed by atoms with Gasteiger partial charge in [-0.15, -0.1) is 10.2 Å². The molecule has 0 unspecified atom stereocenters. The minimum absolute atomic E-state index is 0.00949. The highest BCUT2D eigenvalue weighted by molar-refractivity contribution is 8.01. The zero-order valence-electron chi connectivity index (χ0n) is 8.39. The van der Waals surface area contributed by atoms with Gasteiger partial charge in [-0.2, -0.15) is 0 Å². The van der Waals surface area contributed by atoms with E-state index in [0.29, 0.717) is 4.34 Å². The van der Waals surface area contributed by atoms with Gasteiger partial charge in [-0.25, -0.2) is 8.78 Å². The van der Waals surface area contributed by atoms with Crippen LogP contribution in [-0.2, 0) is 0 Å². The Morgan fingerprint density at radius 3 is 2.94 bits per heavy atom. The number of thioether (sulfide) groups is 1. The first kappa shape index (κ1) is 12.1. The molecule has 7 heteroatoms. The molecular weight excluding hydrogens is 266 g/mol. The zero-order valence-corrected chi connectivity index (χ0v) is 10.0. The molecule has 0 atom stereocenters. The molecule has 88 valence electrons. The molecule has 0 fully saturated rings. The topological polar surface area (TPSA) is 42.9 Å². The highest BCUT2D eigenvalue weighted by atomic mass is 32.2.